The van der Waals surface area contributed by atoms with E-state index in [-0.39, 0.29) is 17.9 Å². The van der Waals surface area contributed by atoms with Crippen LogP contribution in [0.15, 0.2) is 24.3 Å². The highest BCUT2D eigenvalue weighted by Gasteiger charge is 2.34. The first kappa shape index (κ1) is 15.3. The van der Waals surface area contributed by atoms with Crippen LogP contribution in [0.25, 0.3) is 0 Å². The minimum atomic E-state index is -0.423. The first-order chi connectivity index (χ1) is 10.6. The predicted molar refractivity (Wildman–Crippen MR) is 86.0 cm³/mol. The van der Waals surface area contributed by atoms with E-state index < -0.39 is 6.04 Å². The summed E-state index contributed by atoms with van der Waals surface area (Å²) in [7, 11) is 0. The van der Waals surface area contributed by atoms with Crippen molar-refractivity contribution in [2.75, 3.05) is 18.0 Å². The van der Waals surface area contributed by atoms with Crippen LogP contribution < -0.4 is 15.5 Å². The highest BCUT2D eigenvalue weighted by atomic mass is 35.5. The minimum Gasteiger partial charge on any atom is -0.344 e. The molecule has 2 heterocycles. The summed E-state index contributed by atoms with van der Waals surface area (Å²) < 4.78 is 0. The maximum Gasteiger partial charge on any atom is 0.249 e. The molecule has 1 aromatic carbocycles. The zero-order chi connectivity index (χ0) is 15.5. The summed E-state index contributed by atoms with van der Waals surface area (Å²) in [5.74, 6) is -0.110. The van der Waals surface area contributed by atoms with Crippen molar-refractivity contribution >= 4 is 29.1 Å². The fourth-order valence-corrected chi connectivity index (χ4v) is 3.31. The Morgan fingerprint density at radius 1 is 1.41 bits per heavy atom. The first-order valence-corrected chi connectivity index (χ1v) is 8.11. The molecule has 2 fully saturated rings. The fraction of sp³-hybridized carbons (Fsp3) is 0.500. The molecule has 0 aliphatic carbocycles. The molecule has 2 aliphatic heterocycles. The SMILES string of the molecule is O=C(CC1CCCN1)NC1CCN(c2cccc(Cl)c2)C1=O. The van der Waals surface area contributed by atoms with Gasteiger partial charge in [0.2, 0.25) is 11.8 Å². The van der Waals surface area contributed by atoms with E-state index in [9.17, 15) is 9.59 Å². The van der Waals surface area contributed by atoms with Gasteiger partial charge in [0.15, 0.2) is 0 Å². The van der Waals surface area contributed by atoms with E-state index in [1.807, 2.05) is 12.1 Å². The topological polar surface area (TPSA) is 61.4 Å². The van der Waals surface area contributed by atoms with Gasteiger partial charge in [0, 0.05) is 29.7 Å². The van der Waals surface area contributed by atoms with E-state index in [0.717, 1.165) is 25.1 Å². The second-order valence-electron chi connectivity index (χ2n) is 5.88. The number of hydrogen-bond acceptors (Lipinski definition) is 3. The van der Waals surface area contributed by atoms with Crippen LogP contribution in [0.3, 0.4) is 0 Å². The van der Waals surface area contributed by atoms with Crippen molar-refractivity contribution in [1.29, 1.82) is 0 Å². The zero-order valence-corrected chi connectivity index (χ0v) is 13.1. The van der Waals surface area contributed by atoms with Gasteiger partial charge in [0.1, 0.15) is 6.04 Å². The van der Waals surface area contributed by atoms with Gasteiger partial charge in [-0.3, -0.25) is 9.59 Å². The van der Waals surface area contributed by atoms with Gasteiger partial charge >= 0.3 is 0 Å². The third-order valence-electron chi connectivity index (χ3n) is 4.25. The quantitative estimate of drug-likeness (QED) is 0.887. The van der Waals surface area contributed by atoms with Crippen molar-refractivity contribution in [1.82, 2.24) is 10.6 Å². The van der Waals surface area contributed by atoms with Crippen LogP contribution >= 0.6 is 11.6 Å². The molecule has 3 rings (SSSR count). The summed E-state index contributed by atoms with van der Waals surface area (Å²) in [4.78, 5) is 26.2. The Labute approximate surface area is 135 Å². The highest BCUT2D eigenvalue weighted by Crippen LogP contribution is 2.24. The molecule has 2 unspecified atom stereocenters. The minimum absolute atomic E-state index is 0.0503. The molecule has 2 N–H and O–H groups in total. The number of nitrogens with zero attached hydrogens (tertiary/aromatic N) is 1. The number of anilines is 1. The lowest BCUT2D eigenvalue weighted by atomic mass is 10.1. The normalized spacial score (nSPS) is 24.8. The predicted octanol–water partition coefficient (Wildman–Crippen LogP) is 1.70. The molecule has 1 aromatic rings. The van der Waals surface area contributed by atoms with Crippen LogP contribution in [-0.2, 0) is 9.59 Å². The van der Waals surface area contributed by atoms with E-state index in [1.165, 1.54) is 0 Å². The molecular weight excluding hydrogens is 302 g/mol. The summed E-state index contributed by atoms with van der Waals surface area (Å²) in [6, 6.07) is 7.05. The summed E-state index contributed by atoms with van der Waals surface area (Å²) in [6.45, 7) is 1.58. The van der Waals surface area contributed by atoms with Gasteiger partial charge in [-0.15, -0.1) is 0 Å². The smallest absolute Gasteiger partial charge is 0.249 e. The number of hydrogen-bond donors (Lipinski definition) is 2. The second-order valence-corrected chi connectivity index (χ2v) is 6.31. The molecule has 2 saturated heterocycles. The molecule has 2 aliphatic rings. The summed E-state index contributed by atoms with van der Waals surface area (Å²) in [5.41, 5.74) is 0.784. The van der Waals surface area contributed by atoms with Crippen molar-refractivity contribution in [2.24, 2.45) is 0 Å². The number of benzene rings is 1. The summed E-state index contributed by atoms with van der Waals surface area (Å²) in [6.07, 6.45) is 3.22. The number of carbonyl (C=O) groups is 2. The molecule has 118 valence electrons. The molecule has 0 saturated carbocycles. The highest BCUT2D eigenvalue weighted by molar-refractivity contribution is 6.31. The molecule has 22 heavy (non-hydrogen) atoms. The lowest BCUT2D eigenvalue weighted by molar-refractivity contribution is -0.126. The molecule has 0 bridgehead atoms. The van der Waals surface area contributed by atoms with Crippen molar-refractivity contribution < 1.29 is 9.59 Å². The van der Waals surface area contributed by atoms with Crippen LogP contribution in [0.4, 0.5) is 5.69 Å². The number of amides is 2. The van der Waals surface area contributed by atoms with Gasteiger partial charge in [-0.25, -0.2) is 0 Å². The summed E-state index contributed by atoms with van der Waals surface area (Å²) >= 11 is 5.97. The molecule has 6 heteroatoms. The Kier molecular flexibility index (Phi) is 4.64. The average molecular weight is 322 g/mol. The third kappa shape index (κ3) is 3.42. The van der Waals surface area contributed by atoms with Gasteiger partial charge in [-0.2, -0.15) is 0 Å². The van der Waals surface area contributed by atoms with E-state index in [1.54, 1.807) is 17.0 Å². The van der Waals surface area contributed by atoms with Crippen LogP contribution in [0.5, 0.6) is 0 Å². The van der Waals surface area contributed by atoms with Gasteiger partial charge in [0.25, 0.3) is 0 Å². The van der Waals surface area contributed by atoms with Gasteiger partial charge in [-0.1, -0.05) is 17.7 Å². The van der Waals surface area contributed by atoms with E-state index in [2.05, 4.69) is 10.6 Å². The van der Waals surface area contributed by atoms with Crippen molar-refractivity contribution in [3.8, 4) is 0 Å². The molecule has 5 nitrogen and oxygen atoms in total. The monoisotopic (exact) mass is 321 g/mol. The molecule has 0 spiro atoms. The Morgan fingerprint density at radius 3 is 3.00 bits per heavy atom. The number of halogens is 1. The van der Waals surface area contributed by atoms with Gasteiger partial charge in [-0.05, 0) is 44.0 Å². The van der Waals surface area contributed by atoms with Crippen molar-refractivity contribution in [3.05, 3.63) is 29.3 Å². The standard InChI is InChI=1S/C16H20ClN3O2/c17-11-3-1-5-13(9-11)20-8-6-14(16(20)22)19-15(21)10-12-4-2-7-18-12/h1,3,5,9,12,14,18H,2,4,6-8,10H2,(H,19,21). The van der Waals surface area contributed by atoms with E-state index >= 15 is 0 Å². The molecule has 2 amide bonds. The Bertz CT molecular complexity index is 572. The molecule has 2 atom stereocenters. The fourth-order valence-electron chi connectivity index (χ4n) is 3.12. The van der Waals surface area contributed by atoms with Crippen LogP contribution in [0.2, 0.25) is 5.02 Å². The lowest BCUT2D eigenvalue weighted by Gasteiger charge is -2.18. The average Bonchev–Trinajstić information content (AvgIpc) is 3.10. The maximum atomic E-state index is 12.4. The lowest BCUT2D eigenvalue weighted by Crippen LogP contribution is -2.43. The van der Waals surface area contributed by atoms with E-state index in [0.29, 0.717) is 24.4 Å². The van der Waals surface area contributed by atoms with Gasteiger partial charge < -0.3 is 15.5 Å². The summed E-state index contributed by atoms with van der Waals surface area (Å²) in [5, 5.41) is 6.76. The molecular formula is C16H20ClN3O2. The van der Waals surface area contributed by atoms with Crippen LogP contribution in [0.1, 0.15) is 25.7 Å². The number of rotatable bonds is 4. The molecule has 0 radical (unpaired) electrons. The Hall–Kier alpha value is -1.59. The Balaban J connectivity index is 1.57. The van der Waals surface area contributed by atoms with Crippen LogP contribution in [0, 0.1) is 0 Å². The van der Waals surface area contributed by atoms with Crippen molar-refractivity contribution in [3.63, 3.8) is 0 Å². The second kappa shape index (κ2) is 6.67. The third-order valence-corrected chi connectivity index (χ3v) is 4.49. The van der Waals surface area contributed by atoms with Gasteiger partial charge in [0.05, 0.1) is 0 Å². The van der Waals surface area contributed by atoms with Crippen molar-refractivity contribution in [2.45, 2.75) is 37.8 Å². The molecule has 0 aromatic heterocycles. The number of nitrogens with one attached hydrogen (secondary N) is 2. The number of carbonyl (C=O) groups excluding carboxylic acids is 2. The maximum absolute atomic E-state index is 12.4. The largest absolute Gasteiger partial charge is 0.344 e. The zero-order valence-electron chi connectivity index (χ0n) is 12.3. The first-order valence-electron chi connectivity index (χ1n) is 7.73. The van der Waals surface area contributed by atoms with Crippen LogP contribution in [-0.4, -0.2) is 37.0 Å². The Morgan fingerprint density at radius 2 is 2.27 bits per heavy atom. The van der Waals surface area contributed by atoms with E-state index in [4.69, 9.17) is 11.6 Å².